The van der Waals surface area contributed by atoms with Crippen molar-refractivity contribution in [2.24, 2.45) is 0 Å². The molecule has 1 N–H and O–H groups in total. The van der Waals surface area contributed by atoms with Crippen molar-refractivity contribution in [3.05, 3.63) is 59.2 Å². The zero-order valence-electron chi connectivity index (χ0n) is 17.5. The van der Waals surface area contributed by atoms with Crippen LogP contribution in [0.1, 0.15) is 47.1 Å². The number of carbonyl (C=O) groups excluding carboxylic acids is 3. The Morgan fingerprint density at radius 1 is 1.09 bits per heavy atom. The third kappa shape index (κ3) is 3.66. The van der Waals surface area contributed by atoms with Crippen LogP contribution in [0.15, 0.2) is 47.0 Å². The fraction of sp³-hybridized carbons (Fsp3) is 0.227. The van der Waals surface area contributed by atoms with Gasteiger partial charge < -0.3 is 14.4 Å². The van der Waals surface area contributed by atoms with E-state index in [1.54, 1.807) is 51.1 Å². The average Bonchev–Trinajstić information content (AvgIpc) is 3.22. The lowest BCUT2D eigenvalue weighted by molar-refractivity contribution is 0.0577. The molecule has 0 spiro atoms. The van der Waals surface area contributed by atoms with Crippen LogP contribution in [0.4, 0.5) is 15.4 Å². The maximum absolute atomic E-state index is 12.6. The first-order valence-electron chi connectivity index (χ1n) is 9.66. The van der Waals surface area contributed by atoms with E-state index in [0.717, 1.165) is 4.90 Å². The van der Waals surface area contributed by atoms with E-state index in [-0.39, 0.29) is 23.3 Å². The Morgan fingerprint density at radius 3 is 2.28 bits per heavy atom. The van der Waals surface area contributed by atoms with Gasteiger partial charge in [-0.3, -0.25) is 14.5 Å². The quantitative estimate of drug-likeness (QED) is 0.608. The second kappa shape index (κ2) is 7.49. The van der Waals surface area contributed by atoms with Crippen molar-refractivity contribution in [1.29, 1.82) is 0 Å². The lowest BCUT2D eigenvalue weighted by atomic mass is 10.1. The van der Waals surface area contributed by atoms with Gasteiger partial charge in [0.2, 0.25) is 0 Å². The number of fused-ring (bicyclic) bond motifs is 2. The summed E-state index contributed by atoms with van der Waals surface area (Å²) in [6.45, 7) is 4.76. The predicted octanol–water partition coefficient (Wildman–Crippen LogP) is 4.04. The van der Waals surface area contributed by atoms with Gasteiger partial charge in [0.1, 0.15) is 5.60 Å². The molecule has 0 saturated heterocycles. The molecule has 0 saturated carbocycles. The van der Waals surface area contributed by atoms with E-state index >= 15 is 0 Å². The monoisotopic (exact) mass is 437 g/mol. The zero-order valence-corrected chi connectivity index (χ0v) is 17.5. The number of nitrogens with zero attached hydrogens (tertiary/aromatic N) is 3. The summed E-state index contributed by atoms with van der Waals surface area (Å²) in [5.41, 5.74) is 0.463. The van der Waals surface area contributed by atoms with Gasteiger partial charge in [-0.05, 0) is 50.6 Å². The molecule has 2 heterocycles. The van der Waals surface area contributed by atoms with Crippen molar-refractivity contribution in [3.63, 3.8) is 0 Å². The Bertz CT molecular complexity index is 1240. The van der Waals surface area contributed by atoms with Crippen LogP contribution in [0.25, 0.3) is 11.0 Å². The van der Waals surface area contributed by atoms with Crippen molar-refractivity contribution < 1.29 is 33.5 Å². The predicted molar refractivity (Wildman–Crippen MR) is 111 cm³/mol. The molecule has 10 heteroatoms. The highest BCUT2D eigenvalue weighted by atomic mass is 16.6. The van der Waals surface area contributed by atoms with Gasteiger partial charge in [-0.1, -0.05) is 23.4 Å². The average molecular weight is 437 g/mol. The summed E-state index contributed by atoms with van der Waals surface area (Å²) in [7, 11) is 0. The molecule has 1 aliphatic heterocycles. The Kier molecular flexibility index (Phi) is 4.92. The molecule has 1 aromatic heterocycles. The number of anilines is 1. The van der Waals surface area contributed by atoms with E-state index in [2.05, 4.69) is 5.16 Å². The van der Waals surface area contributed by atoms with Crippen LogP contribution in [0.3, 0.4) is 0 Å². The van der Waals surface area contributed by atoms with Crippen LogP contribution in [0, 0.1) is 0 Å². The highest BCUT2D eigenvalue weighted by molar-refractivity contribution is 6.21. The van der Waals surface area contributed by atoms with Crippen LogP contribution in [-0.2, 0) is 11.3 Å². The smallest absolute Gasteiger partial charge is 0.425 e. The molecule has 0 radical (unpaired) electrons. The fourth-order valence-corrected chi connectivity index (χ4v) is 3.36. The number of ether oxygens (including phenoxy) is 1. The number of hydrogen-bond donors (Lipinski definition) is 1. The van der Waals surface area contributed by atoms with Crippen LogP contribution >= 0.6 is 0 Å². The van der Waals surface area contributed by atoms with E-state index in [0.29, 0.717) is 21.6 Å². The van der Waals surface area contributed by atoms with E-state index in [4.69, 9.17) is 9.26 Å². The second-order valence-electron chi connectivity index (χ2n) is 8.18. The number of benzene rings is 2. The lowest BCUT2D eigenvalue weighted by Gasteiger charge is -2.23. The molecule has 4 rings (SSSR count). The van der Waals surface area contributed by atoms with Crippen molar-refractivity contribution in [3.8, 4) is 0 Å². The van der Waals surface area contributed by atoms with Crippen LogP contribution in [0.2, 0.25) is 0 Å². The fourth-order valence-electron chi connectivity index (χ4n) is 3.36. The van der Waals surface area contributed by atoms with Crippen LogP contribution < -0.4 is 4.90 Å². The summed E-state index contributed by atoms with van der Waals surface area (Å²) >= 11 is 0. The number of imide groups is 2. The van der Waals surface area contributed by atoms with Crippen molar-refractivity contribution in [2.75, 3.05) is 4.90 Å². The maximum atomic E-state index is 12.6. The number of carbonyl (C=O) groups is 4. The molecule has 164 valence electrons. The van der Waals surface area contributed by atoms with Gasteiger partial charge in [-0.2, -0.15) is 4.90 Å². The Hall–Kier alpha value is -4.21. The zero-order chi connectivity index (χ0) is 23.2. The van der Waals surface area contributed by atoms with Gasteiger partial charge in [0, 0.05) is 0 Å². The number of aromatic nitrogens is 1. The molecule has 2 aromatic carbocycles. The normalized spacial score (nSPS) is 13.4. The lowest BCUT2D eigenvalue weighted by Crippen LogP contribution is -2.40. The van der Waals surface area contributed by atoms with E-state index < -0.39 is 29.6 Å². The molecule has 1 aliphatic rings. The highest BCUT2D eigenvalue weighted by Gasteiger charge is 2.36. The summed E-state index contributed by atoms with van der Waals surface area (Å²) in [5, 5.41) is 13.5. The Balaban J connectivity index is 1.67. The van der Waals surface area contributed by atoms with Gasteiger partial charge in [-0.25, -0.2) is 9.59 Å². The summed E-state index contributed by atoms with van der Waals surface area (Å²) in [6, 6.07) is 11.2. The number of carboxylic acid groups (broad SMARTS) is 1. The molecule has 3 aromatic rings. The van der Waals surface area contributed by atoms with Gasteiger partial charge in [0.15, 0.2) is 11.4 Å². The Labute approximate surface area is 181 Å². The van der Waals surface area contributed by atoms with Gasteiger partial charge in [0.25, 0.3) is 11.8 Å². The largest absolute Gasteiger partial charge is 0.464 e. The van der Waals surface area contributed by atoms with E-state index in [1.165, 1.54) is 12.1 Å². The first-order chi connectivity index (χ1) is 15.1. The Morgan fingerprint density at radius 2 is 1.72 bits per heavy atom. The number of rotatable bonds is 3. The molecule has 32 heavy (non-hydrogen) atoms. The van der Waals surface area contributed by atoms with Crippen LogP contribution in [-0.4, -0.2) is 44.8 Å². The molecule has 0 unspecified atom stereocenters. The molecule has 10 nitrogen and oxygen atoms in total. The SMILES string of the molecule is CC(C)(C)OC(=O)N(C(=O)O)c1noc2ccc(CN3C(=O)c4ccccc4C3=O)cc12. The summed E-state index contributed by atoms with van der Waals surface area (Å²) in [5.74, 6) is -1.11. The number of hydrogen-bond acceptors (Lipinski definition) is 7. The first kappa shape index (κ1) is 21.0. The van der Waals surface area contributed by atoms with Crippen molar-refractivity contribution >= 4 is 40.8 Å². The molecular formula is C22H19N3O7. The van der Waals surface area contributed by atoms with Crippen molar-refractivity contribution in [1.82, 2.24) is 10.1 Å². The third-order valence-electron chi connectivity index (χ3n) is 4.71. The minimum atomic E-state index is -1.60. The first-order valence-corrected chi connectivity index (χ1v) is 9.66. The molecule has 0 aliphatic carbocycles. The third-order valence-corrected chi connectivity index (χ3v) is 4.71. The molecule has 0 fully saturated rings. The van der Waals surface area contributed by atoms with Gasteiger partial charge in [0.05, 0.1) is 23.1 Å². The van der Waals surface area contributed by atoms with E-state index in [1.807, 2.05) is 0 Å². The van der Waals surface area contributed by atoms with Crippen LogP contribution in [0.5, 0.6) is 0 Å². The van der Waals surface area contributed by atoms with Gasteiger partial charge in [-0.15, -0.1) is 0 Å². The summed E-state index contributed by atoms with van der Waals surface area (Å²) < 4.78 is 10.3. The summed E-state index contributed by atoms with van der Waals surface area (Å²) in [4.78, 5) is 51.0. The molecule has 0 atom stereocenters. The molecular weight excluding hydrogens is 418 g/mol. The molecule has 4 amide bonds. The summed E-state index contributed by atoms with van der Waals surface area (Å²) in [6.07, 6.45) is -2.73. The highest BCUT2D eigenvalue weighted by Crippen LogP contribution is 2.30. The minimum absolute atomic E-state index is 0.0492. The van der Waals surface area contributed by atoms with Crippen molar-refractivity contribution in [2.45, 2.75) is 32.9 Å². The standard InChI is InChI=1S/C22H19N3O7/c1-22(2,3)31-21(30)25(20(28)29)17-15-10-12(8-9-16(15)32-23-17)11-24-18(26)13-6-4-5-7-14(13)19(24)27/h4-10H,11H2,1-3H3,(H,28,29). The second-order valence-corrected chi connectivity index (χ2v) is 8.18. The number of amides is 4. The topological polar surface area (TPSA) is 130 Å². The molecule has 0 bridgehead atoms. The maximum Gasteiger partial charge on any atom is 0.425 e. The van der Waals surface area contributed by atoms with Gasteiger partial charge >= 0.3 is 12.2 Å². The minimum Gasteiger partial charge on any atom is -0.464 e. The van der Waals surface area contributed by atoms with E-state index in [9.17, 15) is 24.3 Å².